The lowest BCUT2D eigenvalue weighted by Gasteiger charge is -2.19. The van der Waals surface area contributed by atoms with Crippen molar-refractivity contribution in [2.24, 2.45) is 0 Å². The van der Waals surface area contributed by atoms with Crippen molar-refractivity contribution in [3.63, 3.8) is 0 Å². The van der Waals surface area contributed by atoms with E-state index in [1.54, 1.807) is 7.05 Å². The molecule has 1 radical (unpaired) electrons. The number of nitrogens with zero attached hydrogens (tertiary/aromatic N) is 2. The highest BCUT2D eigenvalue weighted by Crippen LogP contribution is 2.30. The van der Waals surface area contributed by atoms with Crippen LogP contribution in [0.4, 0.5) is 0 Å². The number of fused-ring (bicyclic) bond motifs is 1. The van der Waals surface area contributed by atoms with Gasteiger partial charge in [0.05, 0.1) is 11.7 Å². The van der Waals surface area contributed by atoms with E-state index >= 15 is 0 Å². The number of amides is 1. The van der Waals surface area contributed by atoms with Crippen LogP contribution in [0.1, 0.15) is 42.3 Å². The maximum absolute atomic E-state index is 11.7. The average molecular weight is 320 g/mol. The van der Waals surface area contributed by atoms with Gasteiger partial charge in [-0.05, 0) is 47.2 Å². The number of hydrogen-bond acceptors (Lipinski definition) is 2. The van der Waals surface area contributed by atoms with Gasteiger partial charge in [0.25, 0.3) is 5.91 Å². The van der Waals surface area contributed by atoms with Gasteiger partial charge in [-0.15, -0.1) is 0 Å². The summed E-state index contributed by atoms with van der Waals surface area (Å²) in [5, 5.41) is 7.16. The zero-order valence-corrected chi connectivity index (χ0v) is 14.8. The zero-order chi connectivity index (χ0) is 17.5. The van der Waals surface area contributed by atoms with Crippen molar-refractivity contribution < 1.29 is 4.79 Å². The first kappa shape index (κ1) is 16.2. The first-order valence-electron chi connectivity index (χ1n) is 8.04. The molecule has 0 aliphatic carbocycles. The quantitative estimate of drug-likeness (QED) is 0.781. The fraction of sp³-hybridized carbons (Fsp3) is 0.300. The molecule has 0 bridgehead atoms. The molecule has 0 fully saturated rings. The summed E-state index contributed by atoms with van der Waals surface area (Å²) in [5.41, 5.74) is 6.03. The van der Waals surface area contributed by atoms with E-state index < -0.39 is 0 Å². The molecule has 2 aromatic heterocycles. The summed E-state index contributed by atoms with van der Waals surface area (Å²) in [7, 11) is 1.63. The number of benzene rings is 1. The molecule has 3 aromatic rings. The van der Waals surface area contributed by atoms with Gasteiger partial charge in [0, 0.05) is 24.4 Å². The van der Waals surface area contributed by atoms with E-state index in [0.29, 0.717) is 5.56 Å². The Labute approximate surface area is 142 Å². The summed E-state index contributed by atoms with van der Waals surface area (Å²) >= 11 is 0. The minimum Gasteiger partial charge on any atom is -0.355 e. The number of pyridine rings is 1. The van der Waals surface area contributed by atoms with Crippen LogP contribution in [0, 0.1) is 13.0 Å². The van der Waals surface area contributed by atoms with Crippen LogP contribution in [-0.4, -0.2) is 22.6 Å². The Bertz CT molecular complexity index is 899. The van der Waals surface area contributed by atoms with Crippen molar-refractivity contribution in [3.8, 4) is 11.1 Å². The van der Waals surface area contributed by atoms with Crippen LogP contribution in [-0.2, 0) is 5.41 Å². The highest BCUT2D eigenvalue weighted by atomic mass is 16.1. The monoisotopic (exact) mass is 320 g/mol. The van der Waals surface area contributed by atoms with E-state index in [4.69, 9.17) is 0 Å². The minimum atomic E-state index is -0.0826. The van der Waals surface area contributed by atoms with Crippen molar-refractivity contribution in [1.82, 2.24) is 14.9 Å². The minimum absolute atomic E-state index is 0.0280. The topological polar surface area (TPSA) is 46.4 Å². The van der Waals surface area contributed by atoms with Crippen LogP contribution in [0.3, 0.4) is 0 Å². The molecule has 0 saturated heterocycles. The van der Waals surface area contributed by atoms with Crippen LogP contribution in [0.25, 0.3) is 16.6 Å². The van der Waals surface area contributed by atoms with Crippen molar-refractivity contribution in [1.29, 1.82) is 0 Å². The van der Waals surface area contributed by atoms with E-state index in [2.05, 4.69) is 44.2 Å². The van der Waals surface area contributed by atoms with Crippen LogP contribution < -0.4 is 5.32 Å². The molecule has 0 spiro atoms. The molecule has 0 atom stereocenters. The number of nitrogens with one attached hydrogen (secondary N) is 1. The Morgan fingerprint density at radius 3 is 2.46 bits per heavy atom. The zero-order valence-electron chi connectivity index (χ0n) is 14.8. The third-order valence-corrected chi connectivity index (χ3v) is 4.22. The predicted molar refractivity (Wildman–Crippen MR) is 96.3 cm³/mol. The van der Waals surface area contributed by atoms with Crippen molar-refractivity contribution in [2.45, 2.75) is 33.1 Å². The third-order valence-electron chi connectivity index (χ3n) is 4.22. The van der Waals surface area contributed by atoms with E-state index in [0.717, 1.165) is 27.8 Å². The van der Waals surface area contributed by atoms with Gasteiger partial charge in [0.15, 0.2) is 0 Å². The lowest BCUT2D eigenvalue weighted by molar-refractivity contribution is 0.0963. The fourth-order valence-corrected chi connectivity index (χ4v) is 2.79. The maximum Gasteiger partial charge on any atom is 0.251 e. The highest BCUT2D eigenvalue weighted by molar-refractivity contribution is 5.95. The molecule has 4 nitrogen and oxygen atoms in total. The average Bonchev–Trinajstić information content (AvgIpc) is 2.98. The van der Waals surface area contributed by atoms with E-state index in [1.165, 1.54) is 0 Å². The number of carbonyl (C=O) groups excluding carboxylic acids is 1. The third kappa shape index (κ3) is 2.80. The molecule has 0 unspecified atom stereocenters. The van der Waals surface area contributed by atoms with Gasteiger partial charge in [-0.1, -0.05) is 32.9 Å². The van der Waals surface area contributed by atoms with Crippen molar-refractivity contribution in [2.75, 3.05) is 7.05 Å². The van der Waals surface area contributed by atoms with Gasteiger partial charge in [-0.25, -0.2) is 4.52 Å². The van der Waals surface area contributed by atoms with Crippen LogP contribution in [0.2, 0.25) is 0 Å². The molecule has 0 saturated carbocycles. The van der Waals surface area contributed by atoms with Gasteiger partial charge < -0.3 is 5.32 Å². The Hall–Kier alpha value is -2.62. The smallest absolute Gasteiger partial charge is 0.251 e. The first-order chi connectivity index (χ1) is 11.3. The second-order valence-corrected chi connectivity index (χ2v) is 7.05. The summed E-state index contributed by atoms with van der Waals surface area (Å²) in [5.74, 6) is -0.0826. The van der Waals surface area contributed by atoms with Crippen LogP contribution in [0.15, 0.2) is 36.7 Å². The molecular weight excluding hydrogens is 298 g/mol. The van der Waals surface area contributed by atoms with Crippen LogP contribution >= 0.6 is 0 Å². The Morgan fingerprint density at radius 1 is 1.21 bits per heavy atom. The molecule has 0 aliphatic heterocycles. The van der Waals surface area contributed by atoms with Gasteiger partial charge >= 0.3 is 0 Å². The SMILES string of the molecule is CNC(=O)c1ccc(-c2cnn3cc(C(C)(C)C)[c]c(C)c23)cc1. The Morgan fingerprint density at radius 2 is 1.88 bits per heavy atom. The maximum atomic E-state index is 11.7. The van der Waals surface area contributed by atoms with Crippen molar-refractivity contribution >= 4 is 11.4 Å². The lowest BCUT2D eigenvalue weighted by Crippen LogP contribution is -2.17. The molecule has 3 rings (SSSR count). The second-order valence-electron chi connectivity index (χ2n) is 7.05. The lowest BCUT2D eigenvalue weighted by atomic mass is 9.87. The molecule has 0 aliphatic rings. The largest absolute Gasteiger partial charge is 0.355 e. The normalized spacial score (nSPS) is 11.7. The van der Waals surface area contributed by atoms with E-state index in [-0.39, 0.29) is 11.3 Å². The van der Waals surface area contributed by atoms with Gasteiger partial charge in [0.2, 0.25) is 0 Å². The summed E-state index contributed by atoms with van der Waals surface area (Å²) in [6, 6.07) is 11.1. The van der Waals surface area contributed by atoms with E-state index in [1.807, 2.05) is 41.2 Å². The summed E-state index contributed by atoms with van der Waals surface area (Å²) < 4.78 is 1.93. The number of aromatic nitrogens is 2. The first-order valence-corrected chi connectivity index (χ1v) is 8.04. The fourth-order valence-electron chi connectivity index (χ4n) is 2.79. The molecule has 24 heavy (non-hydrogen) atoms. The molecule has 1 aromatic carbocycles. The number of rotatable bonds is 2. The Balaban J connectivity index is 2.09. The molecule has 4 heteroatoms. The molecule has 123 valence electrons. The second kappa shape index (κ2) is 5.78. The summed E-state index contributed by atoms with van der Waals surface area (Å²) in [4.78, 5) is 11.7. The van der Waals surface area contributed by atoms with Gasteiger partial charge in [-0.2, -0.15) is 5.10 Å². The number of aryl methyl sites for hydroxylation is 1. The Kier molecular flexibility index (Phi) is 3.91. The van der Waals surface area contributed by atoms with Gasteiger partial charge in [0.1, 0.15) is 0 Å². The van der Waals surface area contributed by atoms with Gasteiger partial charge in [-0.3, -0.25) is 4.79 Å². The van der Waals surface area contributed by atoms with Crippen LogP contribution in [0.5, 0.6) is 0 Å². The summed E-state index contributed by atoms with van der Waals surface area (Å²) in [6.45, 7) is 8.58. The van der Waals surface area contributed by atoms with Crippen molar-refractivity contribution in [3.05, 3.63) is 59.4 Å². The molecule has 1 N–H and O–H groups in total. The highest BCUT2D eigenvalue weighted by Gasteiger charge is 2.18. The molecule has 2 heterocycles. The predicted octanol–water partition coefficient (Wildman–Crippen LogP) is 3.77. The molecular formula is C20H22N3O. The summed E-state index contributed by atoms with van der Waals surface area (Å²) in [6.07, 6.45) is 3.92. The standard InChI is InChI=1S/C20H22N3O/c1-13-10-16(20(2,3)4)12-23-18(13)17(11-22-23)14-6-8-15(9-7-14)19(24)21-5/h6-9,11-12H,1-5H3,(H,21,24). The number of carbonyl (C=O) groups is 1. The van der Waals surface area contributed by atoms with E-state index in [9.17, 15) is 4.79 Å². The molecule has 1 amide bonds. The number of hydrogen-bond donors (Lipinski definition) is 1.